The molecule has 1 unspecified atom stereocenters. The van der Waals surface area contributed by atoms with Crippen LogP contribution in [0.5, 0.6) is 0 Å². The van der Waals surface area contributed by atoms with Crippen LogP contribution in [0.2, 0.25) is 0 Å². The molecule has 1 aliphatic carbocycles. The van der Waals surface area contributed by atoms with Gasteiger partial charge in [0.05, 0.1) is 12.1 Å². The number of aliphatic carboxylic acids is 1. The number of benzene rings is 1. The Hall–Kier alpha value is -2.17. The quantitative estimate of drug-likeness (QED) is 0.917. The minimum atomic E-state index is -0.800. The Kier molecular flexibility index (Phi) is 4.20. The van der Waals surface area contributed by atoms with E-state index in [0.29, 0.717) is 5.69 Å². The zero-order valence-corrected chi connectivity index (χ0v) is 14.3. The lowest BCUT2D eigenvalue weighted by atomic mass is 9.78. The molecule has 3 rings (SSSR count). The largest absolute Gasteiger partial charge is 0.481 e. The lowest BCUT2D eigenvalue weighted by Gasteiger charge is -2.26. The lowest BCUT2D eigenvalue weighted by molar-refractivity contribution is -0.137. The van der Waals surface area contributed by atoms with Crippen LogP contribution in [0.4, 0.5) is 4.39 Å². The molecule has 5 heteroatoms. The molecule has 0 saturated carbocycles. The first kappa shape index (κ1) is 16.7. The van der Waals surface area contributed by atoms with Crippen molar-refractivity contribution in [3.63, 3.8) is 0 Å². The van der Waals surface area contributed by atoms with Crippen molar-refractivity contribution in [3.05, 3.63) is 47.0 Å². The predicted octanol–water partition coefficient (Wildman–Crippen LogP) is 4.20. The molecule has 0 spiro atoms. The van der Waals surface area contributed by atoms with Crippen LogP contribution >= 0.6 is 0 Å². The Bertz CT molecular complexity index is 774. The average Bonchev–Trinajstić information content (AvgIpc) is 2.88. The summed E-state index contributed by atoms with van der Waals surface area (Å²) < 4.78 is 16.0. The number of fused-ring (bicyclic) bond motifs is 1. The second-order valence-electron chi connectivity index (χ2n) is 7.51. The summed E-state index contributed by atoms with van der Waals surface area (Å²) in [5, 5.41) is 14.0. The first-order chi connectivity index (χ1) is 11.3. The monoisotopic (exact) mass is 330 g/mol. The minimum absolute atomic E-state index is 0.0546. The number of carbonyl (C=O) groups is 1. The number of carboxylic acid groups (broad SMARTS) is 1. The van der Waals surface area contributed by atoms with Gasteiger partial charge in [0, 0.05) is 16.7 Å². The van der Waals surface area contributed by atoms with Crippen LogP contribution in [-0.2, 0) is 16.6 Å². The number of hydrogen-bond donors (Lipinski definition) is 1. The highest BCUT2D eigenvalue weighted by Crippen LogP contribution is 2.41. The molecule has 0 fully saturated rings. The van der Waals surface area contributed by atoms with E-state index < -0.39 is 5.97 Å². The summed E-state index contributed by atoms with van der Waals surface area (Å²) in [4.78, 5) is 11.3. The summed E-state index contributed by atoms with van der Waals surface area (Å²) in [6, 6.07) is 6.60. The van der Waals surface area contributed by atoms with E-state index >= 15 is 0 Å². The first-order valence-electron chi connectivity index (χ1n) is 8.38. The van der Waals surface area contributed by atoms with Crippen LogP contribution in [0.15, 0.2) is 24.3 Å². The van der Waals surface area contributed by atoms with Gasteiger partial charge in [0.15, 0.2) is 0 Å². The highest BCUT2D eigenvalue weighted by molar-refractivity contribution is 5.68. The molecule has 1 aromatic heterocycles. The fraction of sp³-hybridized carbons (Fsp3) is 0.474. The number of hydrogen-bond acceptors (Lipinski definition) is 2. The van der Waals surface area contributed by atoms with Crippen LogP contribution in [0.25, 0.3) is 5.69 Å². The Morgan fingerprint density at radius 1 is 1.38 bits per heavy atom. The molecule has 0 bridgehead atoms. The number of halogens is 1. The number of carboxylic acids is 1. The van der Waals surface area contributed by atoms with Gasteiger partial charge in [-0.15, -0.1) is 0 Å². The SMILES string of the molecule is CC(C)(C)c1nn(-c2ccccc2F)c2c1C(CC(=O)O)CCC2. The van der Waals surface area contributed by atoms with Crippen molar-refractivity contribution in [1.82, 2.24) is 9.78 Å². The first-order valence-corrected chi connectivity index (χ1v) is 8.38. The van der Waals surface area contributed by atoms with Gasteiger partial charge in [-0.2, -0.15) is 5.10 Å². The van der Waals surface area contributed by atoms with Gasteiger partial charge in [0.25, 0.3) is 0 Å². The second kappa shape index (κ2) is 6.04. The van der Waals surface area contributed by atoms with E-state index in [1.54, 1.807) is 22.9 Å². The Morgan fingerprint density at radius 2 is 2.08 bits per heavy atom. The topological polar surface area (TPSA) is 55.1 Å². The van der Waals surface area contributed by atoms with Crippen molar-refractivity contribution in [2.45, 2.75) is 57.8 Å². The van der Waals surface area contributed by atoms with E-state index in [1.165, 1.54) is 6.07 Å². The molecular weight excluding hydrogens is 307 g/mol. The van der Waals surface area contributed by atoms with Crippen molar-refractivity contribution in [2.75, 3.05) is 0 Å². The van der Waals surface area contributed by atoms with Crippen LogP contribution in [0, 0.1) is 5.82 Å². The lowest BCUT2D eigenvalue weighted by Crippen LogP contribution is -2.20. The van der Waals surface area contributed by atoms with Crippen LogP contribution in [0.3, 0.4) is 0 Å². The third-order valence-corrected chi connectivity index (χ3v) is 4.61. The molecule has 1 N–H and O–H groups in total. The number of rotatable bonds is 3. The number of para-hydroxylation sites is 1. The standard InChI is InChI=1S/C19H23FN2O2/c1-19(2,3)18-17-12(11-16(23)24)7-6-10-15(17)22(21-18)14-9-5-4-8-13(14)20/h4-5,8-9,12H,6-7,10-11H2,1-3H3,(H,23,24). The maximum Gasteiger partial charge on any atom is 0.303 e. The van der Waals surface area contributed by atoms with Gasteiger partial charge in [-0.3, -0.25) is 4.79 Å². The van der Waals surface area contributed by atoms with E-state index in [4.69, 9.17) is 5.10 Å². The highest BCUT2D eigenvalue weighted by Gasteiger charge is 2.34. The van der Waals surface area contributed by atoms with Crippen molar-refractivity contribution < 1.29 is 14.3 Å². The van der Waals surface area contributed by atoms with Gasteiger partial charge >= 0.3 is 5.97 Å². The molecule has 2 aromatic rings. The van der Waals surface area contributed by atoms with Crippen LogP contribution in [0.1, 0.15) is 62.9 Å². The van der Waals surface area contributed by atoms with E-state index in [-0.39, 0.29) is 23.6 Å². The highest BCUT2D eigenvalue weighted by atomic mass is 19.1. The molecule has 0 radical (unpaired) electrons. The molecule has 0 saturated heterocycles. The molecular formula is C19H23FN2O2. The third-order valence-electron chi connectivity index (χ3n) is 4.61. The van der Waals surface area contributed by atoms with Gasteiger partial charge in [-0.1, -0.05) is 32.9 Å². The second-order valence-corrected chi connectivity index (χ2v) is 7.51. The van der Waals surface area contributed by atoms with E-state index in [2.05, 4.69) is 20.8 Å². The van der Waals surface area contributed by atoms with Crippen molar-refractivity contribution >= 4 is 5.97 Å². The van der Waals surface area contributed by atoms with Gasteiger partial charge < -0.3 is 5.11 Å². The zero-order chi connectivity index (χ0) is 17.5. The zero-order valence-electron chi connectivity index (χ0n) is 14.3. The molecule has 1 heterocycles. The minimum Gasteiger partial charge on any atom is -0.481 e. The summed E-state index contributed by atoms with van der Waals surface area (Å²) in [7, 11) is 0. The number of nitrogens with zero attached hydrogens (tertiary/aromatic N) is 2. The molecule has 0 aliphatic heterocycles. The molecule has 24 heavy (non-hydrogen) atoms. The molecule has 128 valence electrons. The van der Waals surface area contributed by atoms with E-state index in [1.807, 2.05) is 0 Å². The fourth-order valence-electron chi connectivity index (χ4n) is 3.59. The average molecular weight is 330 g/mol. The van der Waals surface area contributed by atoms with Crippen molar-refractivity contribution in [1.29, 1.82) is 0 Å². The summed E-state index contributed by atoms with van der Waals surface area (Å²) in [5.41, 5.74) is 3.06. The van der Waals surface area contributed by atoms with Crippen molar-refractivity contribution in [2.24, 2.45) is 0 Å². The smallest absolute Gasteiger partial charge is 0.303 e. The maximum absolute atomic E-state index is 14.3. The van der Waals surface area contributed by atoms with Gasteiger partial charge in [0.1, 0.15) is 11.5 Å². The Labute approximate surface area is 141 Å². The summed E-state index contributed by atoms with van der Waals surface area (Å²) in [6.45, 7) is 6.19. The van der Waals surface area contributed by atoms with Gasteiger partial charge in [-0.05, 0) is 37.3 Å². The van der Waals surface area contributed by atoms with Gasteiger partial charge in [-0.25, -0.2) is 9.07 Å². The van der Waals surface area contributed by atoms with Gasteiger partial charge in [0.2, 0.25) is 0 Å². The Morgan fingerprint density at radius 3 is 2.71 bits per heavy atom. The molecule has 0 amide bonds. The summed E-state index contributed by atoms with van der Waals surface area (Å²) in [6.07, 6.45) is 2.63. The predicted molar refractivity (Wildman–Crippen MR) is 90.2 cm³/mol. The molecule has 1 atom stereocenters. The third kappa shape index (κ3) is 2.95. The normalized spacial score (nSPS) is 17.6. The van der Waals surface area contributed by atoms with Crippen LogP contribution < -0.4 is 0 Å². The summed E-state index contributed by atoms with van der Waals surface area (Å²) in [5.74, 6) is -1.17. The Balaban J connectivity index is 2.22. The van der Waals surface area contributed by atoms with E-state index in [9.17, 15) is 14.3 Å². The fourth-order valence-corrected chi connectivity index (χ4v) is 3.59. The molecule has 1 aliphatic rings. The maximum atomic E-state index is 14.3. The van der Waals surface area contributed by atoms with Crippen molar-refractivity contribution in [3.8, 4) is 5.69 Å². The summed E-state index contributed by atoms with van der Waals surface area (Å²) >= 11 is 0. The van der Waals surface area contributed by atoms with E-state index in [0.717, 1.165) is 36.2 Å². The molecule has 4 nitrogen and oxygen atoms in total. The number of aromatic nitrogens is 2. The molecule has 1 aromatic carbocycles. The van der Waals surface area contributed by atoms with Crippen LogP contribution in [-0.4, -0.2) is 20.9 Å².